The number of hydrogen-bond donors (Lipinski definition) is 2. The molecule has 8 bridgehead atoms. The molecule has 0 saturated heterocycles. The largest absolute Gasteiger partial charge is 0.493 e. The third-order valence-electron chi connectivity index (χ3n) is 8.26. The molecular formula is C35H36ClN5O3S2. The Hall–Kier alpha value is -3.86. The Labute approximate surface area is 281 Å². The maximum Gasteiger partial charge on any atom is 0.352 e. The molecule has 5 aromatic rings. The number of hydrazone groups is 1. The predicted octanol–water partition coefficient (Wildman–Crippen LogP) is 7.95. The minimum absolute atomic E-state index is 0.264. The number of aromatic nitrogens is 3. The van der Waals surface area contributed by atoms with Gasteiger partial charge in [-0.3, -0.25) is 4.68 Å². The second kappa shape index (κ2) is 13.9. The Morgan fingerprint density at radius 2 is 1.91 bits per heavy atom. The van der Waals surface area contributed by atoms with Gasteiger partial charge in [0.15, 0.2) is 0 Å². The third kappa shape index (κ3) is 6.52. The molecule has 0 amide bonds. The van der Waals surface area contributed by atoms with Crippen LogP contribution in [0.25, 0.3) is 27.8 Å². The van der Waals surface area contributed by atoms with Gasteiger partial charge in [-0.25, -0.2) is 4.79 Å². The Kier molecular flexibility index (Phi) is 9.67. The number of nitrogens with one attached hydrogen (secondary N) is 1. The van der Waals surface area contributed by atoms with Crippen molar-refractivity contribution in [3.05, 3.63) is 93.4 Å². The Morgan fingerprint density at radius 3 is 2.72 bits per heavy atom. The zero-order valence-corrected chi connectivity index (χ0v) is 28.7. The van der Waals surface area contributed by atoms with Gasteiger partial charge >= 0.3 is 5.97 Å². The summed E-state index contributed by atoms with van der Waals surface area (Å²) in [6.07, 6.45) is 3.24. The number of ether oxygens (including phenoxy) is 1. The average Bonchev–Trinajstić information content (AvgIpc) is 3.53. The van der Waals surface area contributed by atoms with Crippen molar-refractivity contribution in [1.82, 2.24) is 19.8 Å². The number of carboxylic acids is 1. The lowest BCUT2D eigenvalue weighted by molar-refractivity contribution is 0.0685. The molecule has 46 heavy (non-hydrogen) atoms. The molecule has 0 saturated carbocycles. The van der Waals surface area contributed by atoms with Crippen LogP contribution in [-0.2, 0) is 32.0 Å². The van der Waals surface area contributed by atoms with E-state index in [0.717, 1.165) is 77.6 Å². The molecule has 1 aliphatic rings. The SMILES string of the molecule is CN/N=C(C)\C1=C\c2c(Cl)ccc3c(c(C(=O)O)n(C)c23)CCCOc2cc(cc3ccccc23)SCc2cc(nn2C)CSC1. The number of benzene rings is 3. The second-order valence-corrected chi connectivity index (χ2v) is 13.7. The van der Waals surface area contributed by atoms with Crippen LogP contribution in [0.2, 0.25) is 5.02 Å². The van der Waals surface area contributed by atoms with Crippen LogP contribution in [0.5, 0.6) is 5.75 Å². The number of carboxylic acid groups (broad SMARTS) is 1. The van der Waals surface area contributed by atoms with Crippen molar-refractivity contribution in [2.24, 2.45) is 19.2 Å². The molecule has 0 atom stereocenters. The van der Waals surface area contributed by atoms with E-state index in [1.54, 1.807) is 42.2 Å². The smallest absolute Gasteiger partial charge is 0.352 e. The van der Waals surface area contributed by atoms with E-state index >= 15 is 0 Å². The maximum absolute atomic E-state index is 12.6. The molecule has 0 fully saturated rings. The van der Waals surface area contributed by atoms with E-state index in [4.69, 9.17) is 21.4 Å². The van der Waals surface area contributed by atoms with Crippen molar-refractivity contribution in [2.75, 3.05) is 19.4 Å². The van der Waals surface area contributed by atoms with E-state index < -0.39 is 5.97 Å². The van der Waals surface area contributed by atoms with Crippen molar-refractivity contribution in [3.63, 3.8) is 0 Å². The number of rotatable bonds is 3. The van der Waals surface area contributed by atoms with Crippen LogP contribution in [0.4, 0.5) is 0 Å². The van der Waals surface area contributed by atoms with Crippen LogP contribution < -0.4 is 10.2 Å². The zero-order chi connectivity index (χ0) is 32.4. The Bertz CT molecular complexity index is 2010. The highest BCUT2D eigenvalue weighted by Gasteiger charge is 2.23. The molecular weight excluding hydrogens is 638 g/mol. The summed E-state index contributed by atoms with van der Waals surface area (Å²) in [5, 5.41) is 23.2. The highest BCUT2D eigenvalue weighted by molar-refractivity contribution is 7.98. The summed E-state index contributed by atoms with van der Waals surface area (Å²) < 4.78 is 10.1. The lowest BCUT2D eigenvalue weighted by Crippen LogP contribution is -2.09. The first-order valence-electron chi connectivity index (χ1n) is 15.1. The molecule has 2 aromatic heterocycles. The van der Waals surface area contributed by atoms with Crippen LogP contribution in [0.1, 0.15) is 46.3 Å². The lowest BCUT2D eigenvalue weighted by atomic mass is 10.0. The molecule has 8 nitrogen and oxygen atoms in total. The summed E-state index contributed by atoms with van der Waals surface area (Å²) in [6, 6.07) is 18.5. The summed E-state index contributed by atoms with van der Waals surface area (Å²) >= 11 is 10.4. The fourth-order valence-corrected chi connectivity index (χ4v) is 8.20. The van der Waals surface area contributed by atoms with Gasteiger partial charge in [-0.05, 0) is 66.6 Å². The van der Waals surface area contributed by atoms with E-state index in [2.05, 4.69) is 40.9 Å². The maximum atomic E-state index is 12.6. The van der Waals surface area contributed by atoms with Crippen molar-refractivity contribution >= 4 is 74.6 Å². The average molecular weight is 674 g/mol. The molecule has 0 aliphatic carbocycles. The van der Waals surface area contributed by atoms with Gasteiger partial charge in [0.1, 0.15) is 11.4 Å². The Morgan fingerprint density at radius 1 is 1.09 bits per heavy atom. The van der Waals surface area contributed by atoms with Crippen LogP contribution in [0.15, 0.2) is 70.2 Å². The number of carbonyl (C=O) groups is 1. The topological polar surface area (TPSA) is 93.7 Å². The Balaban J connectivity index is 1.46. The number of halogens is 1. The summed E-state index contributed by atoms with van der Waals surface area (Å²) in [5.41, 5.74) is 9.50. The van der Waals surface area contributed by atoms with Crippen LogP contribution in [0.3, 0.4) is 0 Å². The first-order chi connectivity index (χ1) is 22.2. The molecule has 0 spiro atoms. The second-order valence-electron chi connectivity index (χ2n) is 11.3. The fourth-order valence-electron chi connectivity index (χ4n) is 6.04. The van der Waals surface area contributed by atoms with Gasteiger partial charge in [-0.15, -0.1) is 11.8 Å². The number of hydrogen-bond acceptors (Lipinski definition) is 7. The highest BCUT2D eigenvalue weighted by Crippen LogP contribution is 2.37. The first-order valence-corrected chi connectivity index (χ1v) is 17.6. The number of nitrogens with zero attached hydrogens (tertiary/aromatic N) is 4. The van der Waals surface area contributed by atoms with E-state index in [-0.39, 0.29) is 5.69 Å². The van der Waals surface area contributed by atoms with E-state index in [0.29, 0.717) is 30.2 Å². The summed E-state index contributed by atoms with van der Waals surface area (Å²) in [4.78, 5) is 13.8. The van der Waals surface area contributed by atoms with Crippen molar-refractivity contribution in [2.45, 2.75) is 36.2 Å². The molecule has 1 aliphatic heterocycles. The van der Waals surface area contributed by atoms with E-state index in [1.165, 1.54) is 0 Å². The fraction of sp³-hybridized carbons (Fsp3) is 0.286. The van der Waals surface area contributed by atoms with Crippen LogP contribution in [0, 0.1) is 0 Å². The standard InChI is InChI=1S/C35H36ClN5O3S2/c1-21(38-37-2)23-15-30-31(36)12-11-29-28(34(35(42)43)40(3)33(29)30)10-7-13-44-32-17-26(14-22-8-5-6-9-27(22)32)46-20-25-16-24(19-45-18-23)39-41(25)4/h5-6,8-9,11-12,14-17,37H,7,10,13,18-20H2,1-4H3,(H,42,43)/b23-15+,38-21-. The van der Waals surface area contributed by atoms with Crippen LogP contribution in [-0.4, -0.2) is 50.5 Å². The minimum Gasteiger partial charge on any atom is -0.493 e. The summed E-state index contributed by atoms with van der Waals surface area (Å²) in [6.45, 7) is 2.41. The van der Waals surface area contributed by atoms with E-state index in [1.807, 2.05) is 49.0 Å². The van der Waals surface area contributed by atoms with Crippen molar-refractivity contribution in [3.8, 4) is 5.75 Å². The van der Waals surface area contributed by atoms with Gasteiger partial charge in [-0.2, -0.15) is 22.0 Å². The summed E-state index contributed by atoms with van der Waals surface area (Å²) in [7, 11) is 5.57. The molecule has 0 unspecified atom stereocenters. The molecule has 238 valence electrons. The quantitative estimate of drug-likeness (QED) is 0.148. The lowest BCUT2D eigenvalue weighted by Gasteiger charge is -2.12. The molecule has 6 rings (SSSR count). The number of thioether (sulfide) groups is 2. The molecule has 0 radical (unpaired) electrons. The van der Waals surface area contributed by atoms with Gasteiger partial charge in [0, 0.05) is 70.3 Å². The molecule has 3 aromatic carbocycles. The van der Waals surface area contributed by atoms with Gasteiger partial charge in [-0.1, -0.05) is 41.9 Å². The van der Waals surface area contributed by atoms with Gasteiger partial charge < -0.3 is 19.8 Å². The third-order valence-corrected chi connectivity index (χ3v) is 10.6. The zero-order valence-electron chi connectivity index (χ0n) is 26.3. The highest BCUT2D eigenvalue weighted by atomic mass is 35.5. The van der Waals surface area contributed by atoms with Gasteiger partial charge in [0.25, 0.3) is 0 Å². The monoisotopic (exact) mass is 673 g/mol. The minimum atomic E-state index is -0.968. The van der Waals surface area contributed by atoms with Crippen molar-refractivity contribution in [1.29, 1.82) is 0 Å². The van der Waals surface area contributed by atoms with Gasteiger partial charge in [0.2, 0.25) is 0 Å². The van der Waals surface area contributed by atoms with Crippen LogP contribution >= 0.6 is 35.1 Å². The molecule has 11 heteroatoms. The summed E-state index contributed by atoms with van der Waals surface area (Å²) in [5.74, 6) is 2.04. The number of aryl methyl sites for hydroxylation is 3. The normalized spacial score (nSPS) is 16.1. The predicted molar refractivity (Wildman–Crippen MR) is 192 cm³/mol. The van der Waals surface area contributed by atoms with Gasteiger partial charge in [0.05, 0.1) is 23.5 Å². The molecule has 2 N–H and O–H groups in total. The number of fused-ring (bicyclic) bond motifs is 6. The first kappa shape index (κ1) is 32.1. The van der Waals surface area contributed by atoms with Crippen molar-refractivity contribution < 1.29 is 14.6 Å². The number of aromatic carboxylic acids is 1. The molecule has 3 heterocycles. The van der Waals surface area contributed by atoms with E-state index in [9.17, 15) is 9.90 Å².